The van der Waals surface area contributed by atoms with E-state index in [9.17, 15) is 9.59 Å². The number of nitrogens with two attached hydrogens (primary N) is 1. The normalized spacial score (nSPS) is 25.5. The summed E-state index contributed by atoms with van der Waals surface area (Å²) in [5.41, 5.74) is 5.44. The lowest BCUT2D eigenvalue weighted by molar-refractivity contribution is -0.143. The lowest BCUT2D eigenvalue weighted by atomic mass is 9.96. The highest BCUT2D eigenvalue weighted by molar-refractivity contribution is 5.76. The predicted molar refractivity (Wildman–Crippen MR) is 64.3 cm³/mol. The second kappa shape index (κ2) is 6.59. The Hall–Kier alpha value is -1.10. The Morgan fingerprint density at radius 3 is 2.76 bits per heavy atom. The van der Waals surface area contributed by atoms with Crippen LogP contribution in [-0.4, -0.2) is 30.1 Å². The van der Waals surface area contributed by atoms with E-state index in [1.54, 1.807) is 0 Å². The molecule has 1 amide bonds. The van der Waals surface area contributed by atoms with Crippen molar-refractivity contribution in [2.75, 3.05) is 13.1 Å². The molecule has 0 aromatic carbocycles. The van der Waals surface area contributed by atoms with Gasteiger partial charge in [-0.1, -0.05) is 13.3 Å². The minimum absolute atomic E-state index is 0.0287. The van der Waals surface area contributed by atoms with E-state index in [-0.39, 0.29) is 23.7 Å². The molecule has 4 N–H and O–H groups in total. The molecule has 0 aromatic heterocycles. The van der Waals surface area contributed by atoms with Crippen molar-refractivity contribution in [3.8, 4) is 0 Å². The molecular formula is C12H22N2O3. The summed E-state index contributed by atoms with van der Waals surface area (Å²) in [6, 6.07) is 0. The van der Waals surface area contributed by atoms with Crippen LogP contribution in [0.3, 0.4) is 0 Å². The highest BCUT2D eigenvalue weighted by Crippen LogP contribution is 2.31. The van der Waals surface area contributed by atoms with Gasteiger partial charge in [-0.05, 0) is 31.2 Å². The predicted octanol–water partition coefficient (Wildman–Crippen LogP) is 0.588. The minimum Gasteiger partial charge on any atom is -0.481 e. The largest absolute Gasteiger partial charge is 0.481 e. The molecule has 1 aliphatic carbocycles. The molecule has 0 aromatic rings. The lowest BCUT2D eigenvalue weighted by Crippen LogP contribution is -2.34. The first kappa shape index (κ1) is 14.0. The van der Waals surface area contributed by atoms with Gasteiger partial charge in [0.15, 0.2) is 0 Å². The van der Waals surface area contributed by atoms with E-state index in [2.05, 4.69) is 5.32 Å². The van der Waals surface area contributed by atoms with E-state index in [4.69, 9.17) is 10.8 Å². The van der Waals surface area contributed by atoms with Crippen LogP contribution in [0.2, 0.25) is 0 Å². The highest BCUT2D eigenvalue weighted by Gasteiger charge is 2.32. The van der Waals surface area contributed by atoms with Gasteiger partial charge in [-0.15, -0.1) is 0 Å². The number of amides is 1. The van der Waals surface area contributed by atoms with Gasteiger partial charge >= 0.3 is 5.97 Å². The molecule has 0 bridgehead atoms. The fraction of sp³-hybridized carbons (Fsp3) is 0.833. The zero-order valence-electron chi connectivity index (χ0n) is 10.3. The summed E-state index contributed by atoms with van der Waals surface area (Å²) in [5, 5.41) is 11.8. The minimum atomic E-state index is -0.739. The number of nitrogens with one attached hydrogen (secondary N) is 1. The fourth-order valence-electron chi connectivity index (χ4n) is 2.32. The second-order valence-corrected chi connectivity index (χ2v) is 4.98. The molecule has 1 rings (SSSR count). The number of carboxylic acids is 1. The molecule has 0 heterocycles. The average Bonchev–Trinajstić information content (AvgIpc) is 2.74. The van der Waals surface area contributed by atoms with Crippen molar-refractivity contribution >= 4 is 11.9 Å². The monoisotopic (exact) mass is 242 g/mol. The molecule has 5 heteroatoms. The summed E-state index contributed by atoms with van der Waals surface area (Å²) >= 11 is 0. The van der Waals surface area contributed by atoms with Crippen LogP contribution >= 0.6 is 0 Å². The van der Waals surface area contributed by atoms with Gasteiger partial charge in [-0.25, -0.2) is 0 Å². The standard InChI is InChI=1S/C12H22N2O3/c1-8(6-13)5-11(15)14-7-9-3-2-4-10(9)12(16)17/h8-10H,2-7,13H2,1H3,(H,14,15)(H,16,17). The van der Waals surface area contributed by atoms with Crippen LogP contribution in [0.5, 0.6) is 0 Å². The maximum Gasteiger partial charge on any atom is 0.306 e. The fourth-order valence-corrected chi connectivity index (χ4v) is 2.32. The number of carboxylic acid groups (broad SMARTS) is 1. The number of hydrogen-bond acceptors (Lipinski definition) is 3. The summed E-state index contributed by atoms with van der Waals surface area (Å²) in [6.45, 7) is 2.90. The van der Waals surface area contributed by atoms with Crippen molar-refractivity contribution in [1.82, 2.24) is 5.32 Å². The third-order valence-electron chi connectivity index (χ3n) is 3.47. The van der Waals surface area contributed by atoms with Crippen LogP contribution in [0.25, 0.3) is 0 Å². The van der Waals surface area contributed by atoms with Crippen LogP contribution in [0.4, 0.5) is 0 Å². The van der Waals surface area contributed by atoms with Crippen LogP contribution in [-0.2, 0) is 9.59 Å². The molecule has 3 unspecified atom stereocenters. The van der Waals surface area contributed by atoms with Crippen LogP contribution in [0.15, 0.2) is 0 Å². The first-order chi connectivity index (χ1) is 8.04. The highest BCUT2D eigenvalue weighted by atomic mass is 16.4. The smallest absolute Gasteiger partial charge is 0.306 e. The Labute approximate surface area is 102 Å². The van der Waals surface area contributed by atoms with E-state index in [0.29, 0.717) is 19.5 Å². The number of aliphatic carboxylic acids is 1. The third kappa shape index (κ3) is 4.34. The molecule has 0 aliphatic heterocycles. The Balaban J connectivity index is 2.30. The summed E-state index contributed by atoms with van der Waals surface area (Å²) in [4.78, 5) is 22.5. The third-order valence-corrected chi connectivity index (χ3v) is 3.47. The van der Waals surface area contributed by atoms with Gasteiger partial charge in [0.05, 0.1) is 5.92 Å². The molecule has 3 atom stereocenters. The maximum absolute atomic E-state index is 11.5. The Bertz CT molecular complexity index is 281. The van der Waals surface area contributed by atoms with E-state index in [1.807, 2.05) is 6.92 Å². The van der Waals surface area contributed by atoms with Crippen molar-refractivity contribution in [2.24, 2.45) is 23.5 Å². The summed E-state index contributed by atoms with van der Waals surface area (Å²) in [7, 11) is 0. The number of hydrogen-bond donors (Lipinski definition) is 3. The molecule has 1 saturated carbocycles. The van der Waals surface area contributed by atoms with Gasteiger partial charge in [0.25, 0.3) is 0 Å². The van der Waals surface area contributed by atoms with E-state index in [1.165, 1.54) is 0 Å². The van der Waals surface area contributed by atoms with Crippen molar-refractivity contribution < 1.29 is 14.7 Å². The Morgan fingerprint density at radius 1 is 1.47 bits per heavy atom. The topological polar surface area (TPSA) is 92.4 Å². The van der Waals surface area contributed by atoms with Gasteiger partial charge in [-0.3, -0.25) is 9.59 Å². The van der Waals surface area contributed by atoms with Crippen molar-refractivity contribution in [3.63, 3.8) is 0 Å². The van der Waals surface area contributed by atoms with Gasteiger partial charge in [0.1, 0.15) is 0 Å². The SMILES string of the molecule is CC(CN)CC(=O)NCC1CCCC1C(=O)O. The van der Waals surface area contributed by atoms with E-state index in [0.717, 1.165) is 19.3 Å². The summed E-state index contributed by atoms with van der Waals surface area (Å²) < 4.78 is 0. The molecular weight excluding hydrogens is 220 g/mol. The maximum atomic E-state index is 11.5. The molecule has 1 aliphatic rings. The molecule has 5 nitrogen and oxygen atoms in total. The van der Waals surface area contributed by atoms with Gasteiger partial charge in [-0.2, -0.15) is 0 Å². The molecule has 98 valence electrons. The van der Waals surface area contributed by atoms with Gasteiger partial charge in [0, 0.05) is 13.0 Å². The number of carbonyl (C=O) groups is 2. The average molecular weight is 242 g/mol. The first-order valence-electron chi connectivity index (χ1n) is 6.24. The first-order valence-corrected chi connectivity index (χ1v) is 6.24. The molecule has 1 fully saturated rings. The second-order valence-electron chi connectivity index (χ2n) is 4.98. The molecule has 0 radical (unpaired) electrons. The Kier molecular flexibility index (Phi) is 5.41. The molecule has 17 heavy (non-hydrogen) atoms. The van der Waals surface area contributed by atoms with Crippen LogP contribution < -0.4 is 11.1 Å². The van der Waals surface area contributed by atoms with E-state index >= 15 is 0 Å². The lowest BCUT2D eigenvalue weighted by Gasteiger charge is -2.17. The van der Waals surface area contributed by atoms with Crippen LogP contribution in [0, 0.1) is 17.8 Å². The quantitative estimate of drug-likeness (QED) is 0.635. The number of rotatable bonds is 6. The number of carbonyl (C=O) groups excluding carboxylic acids is 1. The zero-order valence-corrected chi connectivity index (χ0v) is 10.3. The molecule has 0 saturated heterocycles. The molecule has 0 spiro atoms. The van der Waals surface area contributed by atoms with Crippen LogP contribution in [0.1, 0.15) is 32.6 Å². The van der Waals surface area contributed by atoms with Crippen molar-refractivity contribution in [3.05, 3.63) is 0 Å². The van der Waals surface area contributed by atoms with Crippen molar-refractivity contribution in [2.45, 2.75) is 32.6 Å². The van der Waals surface area contributed by atoms with E-state index < -0.39 is 5.97 Å². The van der Waals surface area contributed by atoms with Gasteiger partial charge < -0.3 is 16.2 Å². The Morgan fingerprint density at radius 2 is 2.18 bits per heavy atom. The van der Waals surface area contributed by atoms with Gasteiger partial charge in [0.2, 0.25) is 5.91 Å². The summed E-state index contributed by atoms with van der Waals surface area (Å²) in [5.74, 6) is -0.795. The zero-order chi connectivity index (χ0) is 12.8. The summed E-state index contributed by atoms with van der Waals surface area (Å²) in [6.07, 6.45) is 2.98. The van der Waals surface area contributed by atoms with Crippen molar-refractivity contribution in [1.29, 1.82) is 0 Å².